The zero-order chi connectivity index (χ0) is 12.6. The van der Waals surface area contributed by atoms with Gasteiger partial charge in [0.1, 0.15) is 16.9 Å². The number of benzene rings is 1. The van der Waals surface area contributed by atoms with Crippen LogP contribution in [-0.2, 0) is 5.60 Å². The van der Waals surface area contributed by atoms with Crippen molar-refractivity contribution in [1.82, 2.24) is 0 Å². The Morgan fingerprint density at radius 2 is 2.17 bits per heavy atom. The van der Waals surface area contributed by atoms with Crippen LogP contribution in [0.4, 0.5) is 0 Å². The molecule has 0 aliphatic heterocycles. The summed E-state index contributed by atoms with van der Waals surface area (Å²) in [6, 6.07) is 9.99. The maximum absolute atomic E-state index is 11.0. The van der Waals surface area contributed by atoms with Crippen LogP contribution < -0.4 is 0 Å². The van der Waals surface area contributed by atoms with Crippen LogP contribution in [0, 0.1) is 5.92 Å². The molecule has 0 bridgehead atoms. The quantitative estimate of drug-likeness (QED) is 0.858. The molecule has 1 fully saturated rings. The second-order valence-electron chi connectivity index (χ2n) is 5.42. The van der Waals surface area contributed by atoms with Crippen LogP contribution in [0.3, 0.4) is 0 Å². The van der Waals surface area contributed by atoms with Crippen molar-refractivity contribution in [2.75, 3.05) is 0 Å². The summed E-state index contributed by atoms with van der Waals surface area (Å²) in [6.45, 7) is 2.16. The molecule has 2 nitrogen and oxygen atoms in total. The second-order valence-corrected chi connectivity index (χ2v) is 5.42. The molecule has 96 valence electrons. The van der Waals surface area contributed by atoms with Crippen LogP contribution in [0.15, 0.2) is 34.7 Å². The lowest BCUT2D eigenvalue weighted by Crippen LogP contribution is -2.37. The summed E-state index contributed by atoms with van der Waals surface area (Å²) in [6.07, 6.45) is 5.24. The Bertz CT molecular complexity index is 510. The molecule has 1 aromatic carbocycles. The summed E-state index contributed by atoms with van der Waals surface area (Å²) >= 11 is 0. The van der Waals surface area contributed by atoms with Crippen LogP contribution in [-0.4, -0.2) is 5.11 Å². The number of hydrogen-bond acceptors (Lipinski definition) is 2. The molecule has 1 saturated carbocycles. The fourth-order valence-electron chi connectivity index (χ4n) is 3.29. The minimum atomic E-state index is -0.758. The Hall–Kier alpha value is -1.28. The number of para-hydroxylation sites is 1. The summed E-state index contributed by atoms with van der Waals surface area (Å²) in [5.74, 6) is 1.09. The molecule has 1 aliphatic rings. The van der Waals surface area contributed by atoms with E-state index in [2.05, 4.69) is 6.92 Å². The Kier molecular flexibility index (Phi) is 2.90. The van der Waals surface area contributed by atoms with E-state index in [1.165, 1.54) is 6.42 Å². The van der Waals surface area contributed by atoms with Gasteiger partial charge in [-0.15, -0.1) is 0 Å². The molecule has 1 aromatic heterocycles. The van der Waals surface area contributed by atoms with Crippen molar-refractivity contribution >= 4 is 11.0 Å². The minimum absolute atomic E-state index is 0.326. The molecule has 3 rings (SSSR count). The van der Waals surface area contributed by atoms with Gasteiger partial charge in [0.2, 0.25) is 0 Å². The summed E-state index contributed by atoms with van der Waals surface area (Å²) in [5.41, 5.74) is 0.118. The normalized spacial score (nSPS) is 28.7. The largest absolute Gasteiger partial charge is 0.458 e. The summed E-state index contributed by atoms with van der Waals surface area (Å²) in [4.78, 5) is 0. The molecule has 1 aliphatic carbocycles. The van der Waals surface area contributed by atoms with E-state index in [1.54, 1.807) is 0 Å². The van der Waals surface area contributed by atoms with E-state index in [9.17, 15) is 5.11 Å². The molecule has 2 aromatic rings. The predicted octanol–water partition coefficient (Wildman–Crippen LogP) is 4.22. The van der Waals surface area contributed by atoms with Gasteiger partial charge in [-0.3, -0.25) is 0 Å². The van der Waals surface area contributed by atoms with Crippen molar-refractivity contribution in [3.8, 4) is 0 Å². The highest BCUT2D eigenvalue weighted by Crippen LogP contribution is 2.44. The second kappa shape index (κ2) is 4.43. The zero-order valence-electron chi connectivity index (χ0n) is 10.9. The Balaban J connectivity index is 2.05. The fraction of sp³-hybridized carbons (Fsp3) is 0.500. The van der Waals surface area contributed by atoms with Crippen LogP contribution in [0.1, 0.15) is 44.8 Å². The zero-order valence-corrected chi connectivity index (χ0v) is 10.9. The summed E-state index contributed by atoms with van der Waals surface area (Å²) in [7, 11) is 0. The van der Waals surface area contributed by atoms with E-state index in [0.29, 0.717) is 5.92 Å². The number of aliphatic hydroxyl groups is 1. The van der Waals surface area contributed by atoms with Gasteiger partial charge in [-0.25, -0.2) is 0 Å². The standard InChI is InChI=1S/C16H20O2/c1-2-13-8-5-6-10-16(13,17)15-11-12-7-3-4-9-14(12)18-15/h3-4,7,9,11,13,17H,2,5-6,8,10H2,1H3. The maximum atomic E-state index is 11.0. The number of fused-ring (bicyclic) bond motifs is 1. The van der Waals surface area contributed by atoms with E-state index >= 15 is 0 Å². The average Bonchev–Trinajstić information content (AvgIpc) is 2.83. The molecule has 0 radical (unpaired) electrons. The van der Waals surface area contributed by atoms with Crippen LogP contribution in [0.25, 0.3) is 11.0 Å². The third-order valence-electron chi connectivity index (χ3n) is 4.38. The lowest BCUT2D eigenvalue weighted by molar-refractivity contribution is -0.0709. The maximum Gasteiger partial charge on any atom is 0.137 e. The Morgan fingerprint density at radius 3 is 2.94 bits per heavy atom. The smallest absolute Gasteiger partial charge is 0.137 e. The molecule has 0 spiro atoms. The SMILES string of the molecule is CCC1CCCCC1(O)c1cc2ccccc2o1. The summed E-state index contributed by atoms with van der Waals surface area (Å²) in [5, 5.41) is 12.1. The first kappa shape index (κ1) is 11.8. The molecule has 1 N–H and O–H groups in total. The predicted molar refractivity (Wildman–Crippen MR) is 72.4 cm³/mol. The van der Waals surface area contributed by atoms with Gasteiger partial charge in [-0.1, -0.05) is 44.4 Å². The van der Waals surface area contributed by atoms with E-state index in [-0.39, 0.29) is 0 Å². The van der Waals surface area contributed by atoms with E-state index in [1.807, 2.05) is 30.3 Å². The lowest BCUT2D eigenvalue weighted by Gasteiger charge is -2.38. The summed E-state index contributed by atoms with van der Waals surface area (Å²) < 4.78 is 5.89. The van der Waals surface area contributed by atoms with Gasteiger partial charge in [0.25, 0.3) is 0 Å². The molecular weight excluding hydrogens is 224 g/mol. The number of furan rings is 1. The van der Waals surface area contributed by atoms with Crippen LogP contribution in [0.2, 0.25) is 0 Å². The van der Waals surface area contributed by atoms with E-state index < -0.39 is 5.60 Å². The first-order valence-electron chi connectivity index (χ1n) is 6.95. The first-order valence-corrected chi connectivity index (χ1v) is 6.95. The minimum Gasteiger partial charge on any atom is -0.458 e. The highest BCUT2D eigenvalue weighted by molar-refractivity contribution is 5.77. The van der Waals surface area contributed by atoms with Crippen molar-refractivity contribution in [3.63, 3.8) is 0 Å². The molecule has 2 atom stereocenters. The van der Waals surface area contributed by atoms with Gasteiger partial charge in [-0.05, 0) is 30.9 Å². The van der Waals surface area contributed by atoms with Crippen molar-refractivity contribution in [1.29, 1.82) is 0 Å². The Morgan fingerprint density at radius 1 is 1.33 bits per heavy atom. The molecule has 2 unspecified atom stereocenters. The number of hydrogen-bond donors (Lipinski definition) is 1. The highest BCUT2D eigenvalue weighted by atomic mass is 16.4. The molecule has 18 heavy (non-hydrogen) atoms. The lowest BCUT2D eigenvalue weighted by atomic mass is 9.73. The van der Waals surface area contributed by atoms with Crippen LogP contribution in [0.5, 0.6) is 0 Å². The molecule has 0 amide bonds. The van der Waals surface area contributed by atoms with Crippen molar-refractivity contribution < 1.29 is 9.52 Å². The molecule has 2 heteroatoms. The molecule has 1 heterocycles. The van der Waals surface area contributed by atoms with E-state index in [0.717, 1.165) is 42.4 Å². The highest BCUT2D eigenvalue weighted by Gasteiger charge is 2.41. The Labute approximate surface area is 108 Å². The van der Waals surface area contributed by atoms with Gasteiger partial charge < -0.3 is 9.52 Å². The van der Waals surface area contributed by atoms with Gasteiger partial charge in [-0.2, -0.15) is 0 Å². The molecule has 0 saturated heterocycles. The fourth-order valence-corrected chi connectivity index (χ4v) is 3.29. The first-order chi connectivity index (χ1) is 8.74. The van der Waals surface area contributed by atoms with E-state index in [4.69, 9.17) is 4.42 Å². The third-order valence-corrected chi connectivity index (χ3v) is 4.38. The van der Waals surface area contributed by atoms with Crippen molar-refractivity contribution in [2.45, 2.75) is 44.6 Å². The van der Waals surface area contributed by atoms with Crippen LogP contribution >= 0.6 is 0 Å². The molecular formula is C16H20O2. The van der Waals surface area contributed by atoms with Gasteiger partial charge in [0.05, 0.1) is 0 Å². The topological polar surface area (TPSA) is 33.4 Å². The third kappa shape index (κ3) is 1.76. The van der Waals surface area contributed by atoms with Crippen molar-refractivity contribution in [2.24, 2.45) is 5.92 Å². The monoisotopic (exact) mass is 244 g/mol. The van der Waals surface area contributed by atoms with Gasteiger partial charge >= 0.3 is 0 Å². The number of rotatable bonds is 2. The van der Waals surface area contributed by atoms with Gasteiger partial charge in [0, 0.05) is 5.39 Å². The van der Waals surface area contributed by atoms with Crippen molar-refractivity contribution in [3.05, 3.63) is 36.1 Å². The van der Waals surface area contributed by atoms with Gasteiger partial charge in [0.15, 0.2) is 0 Å². The average molecular weight is 244 g/mol.